The van der Waals surface area contributed by atoms with Crippen LogP contribution in [0, 0.1) is 5.92 Å². The average molecular weight is 277 g/mol. The van der Waals surface area contributed by atoms with E-state index in [0.29, 0.717) is 18.0 Å². The molecule has 0 aromatic carbocycles. The minimum atomic E-state index is 0.0936. The minimum Gasteiger partial charge on any atom is -0.314 e. The first-order valence-corrected chi connectivity index (χ1v) is 7.69. The third kappa shape index (κ3) is 4.18. The van der Waals surface area contributed by atoms with Crippen molar-refractivity contribution in [1.29, 1.82) is 0 Å². The number of pyridine rings is 1. The van der Waals surface area contributed by atoms with Crippen LogP contribution in [0.25, 0.3) is 0 Å². The maximum absolute atomic E-state index is 11.7. The molecule has 0 radical (unpaired) electrons. The van der Waals surface area contributed by atoms with Crippen molar-refractivity contribution < 1.29 is 0 Å². The summed E-state index contributed by atoms with van der Waals surface area (Å²) >= 11 is 0. The molecule has 2 rings (SSSR count). The maximum Gasteiger partial charge on any atom is 0.250 e. The van der Waals surface area contributed by atoms with Gasteiger partial charge in [-0.2, -0.15) is 0 Å². The number of aromatic nitrogens is 1. The Morgan fingerprint density at radius 1 is 1.35 bits per heavy atom. The van der Waals surface area contributed by atoms with Gasteiger partial charge < -0.3 is 9.88 Å². The Labute approximate surface area is 121 Å². The van der Waals surface area contributed by atoms with Crippen LogP contribution in [-0.2, 0) is 6.54 Å². The molecule has 1 aliphatic heterocycles. The summed E-state index contributed by atoms with van der Waals surface area (Å²) < 4.78 is 1.80. The third-order valence-corrected chi connectivity index (χ3v) is 4.00. The number of nitrogens with zero attached hydrogens (tertiary/aromatic N) is 2. The lowest BCUT2D eigenvalue weighted by molar-refractivity contribution is 0.114. The molecule has 2 atom stereocenters. The highest BCUT2D eigenvalue weighted by molar-refractivity contribution is 4.93. The van der Waals surface area contributed by atoms with Gasteiger partial charge >= 0.3 is 0 Å². The Hall–Kier alpha value is -1.13. The Morgan fingerprint density at radius 2 is 2.15 bits per heavy atom. The molecule has 1 aromatic rings. The SMILES string of the molecule is CC(C)CC1CNC(C)CN1CCn1ccccc1=O. The van der Waals surface area contributed by atoms with Crippen molar-refractivity contribution in [3.05, 3.63) is 34.7 Å². The lowest BCUT2D eigenvalue weighted by Crippen LogP contribution is -2.56. The Balaban J connectivity index is 1.97. The molecule has 20 heavy (non-hydrogen) atoms. The van der Waals surface area contributed by atoms with Gasteiger partial charge in [0.05, 0.1) is 0 Å². The maximum atomic E-state index is 11.7. The first-order valence-electron chi connectivity index (χ1n) is 7.69. The molecule has 0 saturated carbocycles. The van der Waals surface area contributed by atoms with Gasteiger partial charge in [-0.25, -0.2) is 0 Å². The zero-order chi connectivity index (χ0) is 14.5. The highest BCUT2D eigenvalue weighted by atomic mass is 16.1. The van der Waals surface area contributed by atoms with Crippen LogP contribution in [0.4, 0.5) is 0 Å². The van der Waals surface area contributed by atoms with E-state index in [1.54, 1.807) is 16.7 Å². The van der Waals surface area contributed by atoms with Crippen molar-refractivity contribution >= 4 is 0 Å². The summed E-state index contributed by atoms with van der Waals surface area (Å²) in [7, 11) is 0. The number of hydrogen-bond donors (Lipinski definition) is 1. The Morgan fingerprint density at radius 3 is 2.85 bits per heavy atom. The fourth-order valence-electron chi connectivity index (χ4n) is 2.96. The van der Waals surface area contributed by atoms with Crippen molar-refractivity contribution in [1.82, 2.24) is 14.8 Å². The Kier molecular flexibility index (Phi) is 5.38. The van der Waals surface area contributed by atoms with E-state index in [-0.39, 0.29) is 5.56 Å². The monoisotopic (exact) mass is 277 g/mol. The molecule has 1 aromatic heterocycles. The van der Waals surface area contributed by atoms with Crippen LogP contribution in [0.5, 0.6) is 0 Å². The number of nitrogens with one attached hydrogen (secondary N) is 1. The normalized spacial score (nSPS) is 24.2. The number of rotatable bonds is 5. The molecule has 4 heteroatoms. The molecule has 112 valence electrons. The number of piperazine rings is 1. The summed E-state index contributed by atoms with van der Waals surface area (Å²) in [5.41, 5.74) is 0.0936. The highest BCUT2D eigenvalue weighted by Crippen LogP contribution is 2.15. The van der Waals surface area contributed by atoms with Crippen LogP contribution in [0.1, 0.15) is 27.2 Å². The van der Waals surface area contributed by atoms with Gasteiger partial charge in [-0.3, -0.25) is 9.69 Å². The van der Waals surface area contributed by atoms with Crippen LogP contribution in [0.3, 0.4) is 0 Å². The van der Waals surface area contributed by atoms with Crippen LogP contribution in [0.15, 0.2) is 29.2 Å². The quantitative estimate of drug-likeness (QED) is 0.887. The largest absolute Gasteiger partial charge is 0.314 e. The van der Waals surface area contributed by atoms with Gasteiger partial charge in [-0.15, -0.1) is 0 Å². The third-order valence-electron chi connectivity index (χ3n) is 4.00. The van der Waals surface area contributed by atoms with Crippen LogP contribution in [-0.4, -0.2) is 41.2 Å². The highest BCUT2D eigenvalue weighted by Gasteiger charge is 2.25. The second-order valence-electron chi connectivity index (χ2n) is 6.32. The molecule has 0 bridgehead atoms. The zero-order valence-electron chi connectivity index (χ0n) is 12.9. The van der Waals surface area contributed by atoms with Crippen molar-refractivity contribution in [2.75, 3.05) is 19.6 Å². The van der Waals surface area contributed by atoms with Gasteiger partial charge in [0, 0.05) is 50.5 Å². The topological polar surface area (TPSA) is 37.3 Å². The fraction of sp³-hybridized carbons (Fsp3) is 0.688. The van der Waals surface area contributed by atoms with E-state index in [4.69, 9.17) is 0 Å². The van der Waals surface area contributed by atoms with Gasteiger partial charge in [-0.05, 0) is 25.3 Å². The van der Waals surface area contributed by atoms with E-state index < -0.39 is 0 Å². The molecular weight excluding hydrogens is 250 g/mol. The summed E-state index contributed by atoms with van der Waals surface area (Å²) in [4.78, 5) is 14.3. The smallest absolute Gasteiger partial charge is 0.250 e. The average Bonchev–Trinajstić information content (AvgIpc) is 2.40. The summed E-state index contributed by atoms with van der Waals surface area (Å²) in [5.74, 6) is 0.706. The van der Waals surface area contributed by atoms with Gasteiger partial charge in [0.25, 0.3) is 5.56 Å². The summed E-state index contributed by atoms with van der Waals surface area (Å²) in [5, 5.41) is 3.57. The molecule has 1 fully saturated rings. The first-order chi connectivity index (χ1) is 9.56. The van der Waals surface area contributed by atoms with E-state index in [1.807, 2.05) is 12.3 Å². The van der Waals surface area contributed by atoms with E-state index in [0.717, 1.165) is 26.2 Å². The molecule has 1 aliphatic rings. The standard InChI is InChI=1S/C16H27N3O/c1-13(2)10-15-11-17-14(3)12-19(15)9-8-18-7-5-4-6-16(18)20/h4-7,13-15,17H,8-12H2,1-3H3. The van der Waals surface area contributed by atoms with E-state index in [9.17, 15) is 4.79 Å². The predicted molar refractivity (Wildman–Crippen MR) is 83.0 cm³/mol. The van der Waals surface area contributed by atoms with E-state index in [1.165, 1.54) is 6.42 Å². The lowest BCUT2D eigenvalue weighted by atomic mass is 9.99. The molecule has 2 heterocycles. The summed E-state index contributed by atoms with van der Waals surface area (Å²) in [6.45, 7) is 10.6. The second-order valence-corrected chi connectivity index (χ2v) is 6.32. The van der Waals surface area contributed by atoms with Gasteiger partial charge in [0.15, 0.2) is 0 Å². The molecule has 0 amide bonds. The van der Waals surface area contributed by atoms with Crippen molar-refractivity contribution in [3.63, 3.8) is 0 Å². The van der Waals surface area contributed by atoms with Crippen LogP contribution in [0.2, 0.25) is 0 Å². The first kappa shape index (κ1) is 15.3. The molecule has 1 saturated heterocycles. The molecule has 2 unspecified atom stereocenters. The van der Waals surface area contributed by atoms with Crippen LogP contribution < -0.4 is 10.9 Å². The van der Waals surface area contributed by atoms with Gasteiger partial charge in [0.1, 0.15) is 0 Å². The Bertz CT molecular complexity index is 469. The molecule has 0 spiro atoms. The van der Waals surface area contributed by atoms with Crippen molar-refractivity contribution in [2.24, 2.45) is 5.92 Å². The van der Waals surface area contributed by atoms with E-state index in [2.05, 4.69) is 31.0 Å². The predicted octanol–water partition coefficient (Wildman–Crippen LogP) is 1.56. The van der Waals surface area contributed by atoms with Crippen molar-refractivity contribution in [2.45, 2.75) is 45.8 Å². The molecule has 0 aliphatic carbocycles. The molecule has 1 N–H and O–H groups in total. The second kappa shape index (κ2) is 7.04. The van der Waals surface area contributed by atoms with Gasteiger partial charge in [-0.1, -0.05) is 19.9 Å². The summed E-state index contributed by atoms with van der Waals surface area (Å²) in [6.07, 6.45) is 3.09. The number of hydrogen-bond acceptors (Lipinski definition) is 3. The zero-order valence-corrected chi connectivity index (χ0v) is 12.9. The van der Waals surface area contributed by atoms with E-state index >= 15 is 0 Å². The lowest BCUT2D eigenvalue weighted by Gasteiger charge is -2.40. The van der Waals surface area contributed by atoms with Crippen molar-refractivity contribution in [3.8, 4) is 0 Å². The minimum absolute atomic E-state index is 0.0936. The molecular formula is C16H27N3O. The summed E-state index contributed by atoms with van der Waals surface area (Å²) in [6, 6.07) is 6.48. The van der Waals surface area contributed by atoms with Crippen LogP contribution >= 0.6 is 0 Å². The fourth-order valence-corrected chi connectivity index (χ4v) is 2.96. The van der Waals surface area contributed by atoms with Gasteiger partial charge in [0.2, 0.25) is 0 Å². The molecule has 4 nitrogen and oxygen atoms in total.